The van der Waals surface area contributed by atoms with Crippen molar-refractivity contribution in [3.63, 3.8) is 0 Å². The van der Waals surface area contributed by atoms with Crippen molar-refractivity contribution >= 4 is 15.9 Å². The van der Waals surface area contributed by atoms with Gasteiger partial charge in [0.15, 0.2) is 0 Å². The van der Waals surface area contributed by atoms with E-state index in [1.807, 2.05) is 0 Å². The van der Waals surface area contributed by atoms with Gasteiger partial charge >= 0.3 is 6.18 Å². The molecule has 3 aromatic rings. The fourth-order valence-electron chi connectivity index (χ4n) is 3.43. The monoisotopic (exact) mass is 483 g/mol. The first-order valence-electron chi connectivity index (χ1n) is 9.75. The minimum absolute atomic E-state index is 0.00697. The van der Waals surface area contributed by atoms with E-state index in [0.29, 0.717) is 11.6 Å². The SMILES string of the molecule is O=C(c1cc(-c2cccc(F)c2)no1)N1CCN(S(=O)(=O)c2cccc(C(F)(F)F)c2)CC1. The molecule has 0 N–H and O–H groups in total. The highest BCUT2D eigenvalue weighted by molar-refractivity contribution is 7.89. The number of sulfonamides is 1. The molecule has 1 aliphatic rings. The van der Waals surface area contributed by atoms with Crippen LogP contribution in [-0.4, -0.2) is 54.9 Å². The molecule has 1 aliphatic heterocycles. The largest absolute Gasteiger partial charge is 0.416 e. The molecule has 7 nitrogen and oxygen atoms in total. The number of amides is 1. The highest BCUT2D eigenvalue weighted by Gasteiger charge is 2.35. The normalized spacial score (nSPS) is 15.6. The van der Waals surface area contributed by atoms with E-state index in [0.717, 1.165) is 22.5 Å². The van der Waals surface area contributed by atoms with Crippen LogP contribution in [0.4, 0.5) is 17.6 Å². The Morgan fingerprint density at radius 1 is 0.970 bits per heavy atom. The molecule has 1 amide bonds. The summed E-state index contributed by atoms with van der Waals surface area (Å²) < 4.78 is 83.9. The summed E-state index contributed by atoms with van der Waals surface area (Å²) in [6.45, 7) is -0.190. The van der Waals surface area contributed by atoms with E-state index < -0.39 is 38.4 Å². The number of halogens is 4. The van der Waals surface area contributed by atoms with Crippen molar-refractivity contribution in [1.82, 2.24) is 14.4 Å². The van der Waals surface area contributed by atoms with Gasteiger partial charge in [-0.15, -0.1) is 0 Å². The Bertz CT molecular complexity index is 1280. The molecule has 0 saturated carbocycles. The summed E-state index contributed by atoms with van der Waals surface area (Å²) in [5.74, 6) is -1.09. The van der Waals surface area contributed by atoms with Crippen LogP contribution in [0.2, 0.25) is 0 Å². The topological polar surface area (TPSA) is 83.7 Å². The van der Waals surface area contributed by atoms with Crippen molar-refractivity contribution in [2.75, 3.05) is 26.2 Å². The van der Waals surface area contributed by atoms with Gasteiger partial charge in [0.25, 0.3) is 5.91 Å². The summed E-state index contributed by atoms with van der Waals surface area (Å²) in [5, 5.41) is 3.78. The van der Waals surface area contributed by atoms with Crippen LogP contribution in [-0.2, 0) is 16.2 Å². The van der Waals surface area contributed by atoms with E-state index in [1.165, 1.54) is 29.2 Å². The highest BCUT2D eigenvalue weighted by atomic mass is 32.2. The zero-order chi connectivity index (χ0) is 23.8. The second kappa shape index (κ2) is 8.60. The summed E-state index contributed by atoms with van der Waals surface area (Å²) in [5.41, 5.74) is -0.366. The molecular formula is C21H17F4N3O4S. The van der Waals surface area contributed by atoms with Gasteiger partial charge < -0.3 is 9.42 Å². The molecule has 2 heterocycles. The van der Waals surface area contributed by atoms with Crippen LogP contribution in [0.5, 0.6) is 0 Å². The number of alkyl halides is 3. The number of carbonyl (C=O) groups is 1. The van der Waals surface area contributed by atoms with Gasteiger partial charge in [-0.3, -0.25) is 4.79 Å². The molecule has 1 aromatic heterocycles. The van der Waals surface area contributed by atoms with Gasteiger partial charge in [0, 0.05) is 37.8 Å². The first-order chi connectivity index (χ1) is 15.6. The van der Waals surface area contributed by atoms with Crippen molar-refractivity contribution in [3.05, 3.63) is 71.7 Å². The zero-order valence-corrected chi connectivity index (χ0v) is 17.7. The molecule has 0 atom stereocenters. The Morgan fingerprint density at radius 2 is 1.67 bits per heavy atom. The van der Waals surface area contributed by atoms with Crippen LogP contribution < -0.4 is 0 Å². The predicted molar refractivity (Wildman–Crippen MR) is 108 cm³/mol. The number of carbonyl (C=O) groups excluding carboxylic acids is 1. The summed E-state index contributed by atoms with van der Waals surface area (Å²) in [6, 6.07) is 10.5. The van der Waals surface area contributed by atoms with Gasteiger partial charge in [0.05, 0.1) is 10.5 Å². The van der Waals surface area contributed by atoms with E-state index in [1.54, 1.807) is 6.07 Å². The highest BCUT2D eigenvalue weighted by Crippen LogP contribution is 2.31. The van der Waals surface area contributed by atoms with Crippen molar-refractivity contribution in [2.24, 2.45) is 0 Å². The summed E-state index contributed by atoms with van der Waals surface area (Å²) in [4.78, 5) is 13.6. The third kappa shape index (κ3) is 4.76. The number of hydrogen-bond acceptors (Lipinski definition) is 5. The van der Waals surface area contributed by atoms with Gasteiger partial charge in [-0.2, -0.15) is 17.5 Å². The molecule has 12 heteroatoms. The third-order valence-electron chi connectivity index (χ3n) is 5.17. The zero-order valence-electron chi connectivity index (χ0n) is 16.9. The molecule has 0 aliphatic carbocycles. The molecular weight excluding hydrogens is 466 g/mol. The number of piperazine rings is 1. The lowest BCUT2D eigenvalue weighted by Gasteiger charge is -2.33. The average Bonchev–Trinajstić information content (AvgIpc) is 3.29. The van der Waals surface area contributed by atoms with Crippen molar-refractivity contribution in [3.8, 4) is 11.3 Å². The Morgan fingerprint density at radius 3 is 2.33 bits per heavy atom. The second-order valence-electron chi connectivity index (χ2n) is 7.31. The van der Waals surface area contributed by atoms with Crippen LogP contribution in [0.15, 0.2) is 64.0 Å². The van der Waals surface area contributed by atoms with Crippen molar-refractivity contribution < 1.29 is 35.3 Å². The van der Waals surface area contributed by atoms with Crippen LogP contribution >= 0.6 is 0 Å². The van der Waals surface area contributed by atoms with Crippen LogP contribution in [0.1, 0.15) is 16.1 Å². The van der Waals surface area contributed by atoms with Gasteiger partial charge in [0.2, 0.25) is 15.8 Å². The smallest absolute Gasteiger partial charge is 0.350 e. The van der Waals surface area contributed by atoms with Gasteiger partial charge in [0.1, 0.15) is 11.5 Å². The van der Waals surface area contributed by atoms with E-state index in [-0.39, 0.29) is 37.6 Å². The Labute approximate surface area is 186 Å². The van der Waals surface area contributed by atoms with Crippen LogP contribution in [0.3, 0.4) is 0 Å². The van der Waals surface area contributed by atoms with Crippen LogP contribution in [0, 0.1) is 5.82 Å². The number of hydrogen-bond donors (Lipinski definition) is 0. The minimum atomic E-state index is -4.67. The molecule has 1 saturated heterocycles. The maximum atomic E-state index is 13.4. The maximum Gasteiger partial charge on any atom is 0.416 e. The third-order valence-corrected chi connectivity index (χ3v) is 7.06. The van der Waals surface area contributed by atoms with Crippen molar-refractivity contribution in [2.45, 2.75) is 11.1 Å². The van der Waals surface area contributed by atoms with E-state index in [4.69, 9.17) is 4.52 Å². The average molecular weight is 483 g/mol. The lowest BCUT2D eigenvalue weighted by Crippen LogP contribution is -2.50. The van der Waals surface area contributed by atoms with Gasteiger partial charge in [-0.25, -0.2) is 12.8 Å². The number of aromatic nitrogens is 1. The lowest BCUT2D eigenvalue weighted by molar-refractivity contribution is -0.137. The molecule has 0 bridgehead atoms. The first-order valence-corrected chi connectivity index (χ1v) is 11.2. The van der Waals surface area contributed by atoms with E-state index >= 15 is 0 Å². The quantitative estimate of drug-likeness (QED) is 0.529. The molecule has 0 unspecified atom stereocenters. The molecule has 4 rings (SSSR count). The maximum absolute atomic E-state index is 13.4. The molecule has 0 radical (unpaired) electrons. The fourth-order valence-corrected chi connectivity index (χ4v) is 4.90. The Hall–Kier alpha value is -3.25. The molecule has 0 spiro atoms. The number of rotatable bonds is 4. The second-order valence-corrected chi connectivity index (χ2v) is 9.25. The summed E-state index contributed by atoms with van der Waals surface area (Å²) in [7, 11) is -4.17. The molecule has 1 fully saturated rings. The van der Waals surface area contributed by atoms with Crippen LogP contribution in [0.25, 0.3) is 11.3 Å². The van der Waals surface area contributed by atoms with E-state index in [2.05, 4.69) is 5.16 Å². The Balaban J connectivity index is 1.44. The molecule has 174 valence electrons. The van der Waals surface area contributed by atoms with Gasteiger partial charge in [-0.05, 0) is 30.3 Å². The number of benzene rings is 2. The molecule has 33 heavy (non-hydrogen) atoms. The lowest BCUT2D eigenvalue weighted by atomic mass is 10.1. The Kier molecular flexibility index (Phi) is 5.97. The fraction of sp³-hybridized carbons (Fsp3) is 0.238. The standard InChI is InChI=1S/C21H17F4N3O4S/c22-16-5-1-3-14(11-16)18-13-19(32-26-18)20(29)27-7-9-28(10-8-27)33(30,31)17-6-2-4-15(12-17)21(23,24)25/h1-6,11-13H,7-10H2. The summed E-state index contributed by atoms with van der Waals surface area (Å²) in [6.07, 6.45) is -4.67. The van der Waals surface area contributed by atoms with E-state index in [9.17, 15) is 30.8 Å². The minimum Gasteiger partial charge on any atom is -0.350 e. The summed E-state index contributed by atoms with van der Waals surface area (Å²) >= 11 is 0. The predicted octanol–water partition coefficient (Wildman–Crippen LogP) is 3.65. The first kappa shape index (κ1) is 22.9. The van der Waals surface area contributed by atoms with Crippen molar-refractivity contribution in [1.29, 1.82) is 0 Å². The number of nitrogens with zero attached hydrogens (tertiary/aromatic N) is 3. The van der Waals surface area contributed by atoms with Gasteiger partial charge in [-0.1, -0.05) is 23.4 Å². The molecule has 2 aromatic carbocycles.